The van der Waals surface area contributed by atoms with Crippen LogP contribution in [0.3, 0.4) is 0 Å². The minimum absolute atomic E-state index is 0.0908. The lowest BCUT2D eigenvalue weighted by Gasteiger charge is -2.12. The largest absolute Gasteiger partial charge is 0.559 e. The number of carbonyl (C=O) groups is 1. The van der Waals surface area contributed by atoms with Crippen molar-refractivity contribution in [2.75, 3.05) is 12.7 Å². The number of pyridine rings is 1. The first-order valence-corrected chi connectivity index (χ1v) is 10.6. The van der Waals surface area contributed by atoms with Crippen molar-refractivity contribution in [1.29, 1.82) is 0 Å². The van der Waals surface area contributed by atoms with Gasteiger partial charge in [-0.05, 0) is 17.1 Å². The van der Waals surface area contributed by atoms with Crippen LogP contribution in [0.5, 0.6) is 11.6 Å². The highest BCUT2D eigenvalue weighted by Crippen LogP contribution is 2.38. The highest BCUT2D eigenvalue weighted by molar-refractivity contribution is 7.48. The minimum Gasteiger partial charge on any atom is -0.437 e. The summed E-state index contributed by atoms with van der Waals surface area (Å²) in [6.45, 7) is 0.853. The SMILES string of the molecule is CCc1cc([N+](=O)[O-])c([P+](=O)OCOC(=O)CCl)cc1Oc1ncc(C(F)(F)F)cc1Cl. The molecule has 15 heteroatoms. The van der Waals surface area contributed by atoms with Crippen molar-refractivity contribution in [1.82, 2.24) is 4.98 Å². The Kier molecular flexibility index (Phi) is 8.73. The third kappa shape index (κ3) is 6.49. The van der Waals surface area contributed by atoms with Crippen LogP contribution < -0.4 is 10.0 Å². The molecule has 0 bridgehead atoms. The van der Waals surface area contributed by atoms with Crippen LogP contribution in [0, 0.1) is 10.1 Å². The summed E-state index contributed by atoms with van der Waals surface area (Å²) < 4.78 is 65.6. The maximum Gasteiger partial charge on any atom is 0.559 e. The van der Waals surface area contributed by atoms with E-state index >= 15 is 0 Å². The summed E-state index contributed by atoms with van der Waals surface area (Å²) in [5, 5.41) is 10.5. The molecule has 0 amide bonds. The molecule has 0 spiro atoms. The molecule has 32 heavy (non-hydrogen) atoms. The molecule has 172 valence electrons. The Bertz CT molecular complexity index is 1050. The van der Waals surface area contributed by atoms with Gasteiger partial charge in [0.15, 0.2) is 0 Å². The van der Waals surface area contributed by atoms with Crippen molar-refractivity contribution < 1.29 is 41.5 Å². The molecule has 1 aromatic heterocycles. The Morgan fingerprint density at radius 2 is 2.00 bits per heavy atom. The van der Waals surface area contributed by atoms with Gasteiger partial charge in [0.2, 0.25) is 12.7 Å². The lowest BCUT2D eigenvalue weighted by atomic mass is 10.1. The fourth-order valence-corrected chi connectivity index (χ4v) is 3.40. The molecule has 0 aliphatic heterocycles. The minimum atomic E-state index is -4.67. The van der Waals surface area contributed by atoms with E-state index in [-0.39, 0.29) is 17.7 Å². The number of halogens is 5. The zero-order valence-electron chi connectivity index (χ0n) is 16.0. The number of ether oxygens (including phenoxy) is 2. The molecule has 1 unspecified atom stereocenters. The van der Waals surface area contributed by atoms with E-state index < -0.39 is 65.2 Å². The highest BCUT2D eigenvalue weighted by atomic mass is 35.5. The molecule has 1 heterocycles. The monoisotopic (exact) mass is 515 g/mol. The van der Waals surface area contributed by atoms with E-state index in [4.69, 9.17) is 32.5 Å². The van der Waals surface area contributed by atoms with Gasteiger partial charge in [0.05, 0.1) is 10.5 Å². The molecule has 1 atom stereocenters. The second kappa shape index (κ2) is 10.9. The van der Waals surface area contributed by atoms with E-state index in [0.29, 0.717) is 12.3 Å². The molecule has 0 aliphatic rings. The van der Waals surface area contributed by atoms with Gasteiger partial charge in [-0.1, -0.05) is 23.0 Å². The van der Waals surface area contributed by atoms with Gasteiger partial charge in [-0.2, -0.15) is 13.2 Å². The number of nitro benzene ring substituents is 1. The van der Waals surface area contributed by atoms with Crippen molar-refractivity contribution in [2.45, 2.75) is 19.5 Å². The van der Waals surface area contributed by atoms with Gasteiger partial charge >= 0.3 is 31.2 Å². The number of esters is 1. The number of hydrogen-bond acceptors (Lipinski definition) is 8. The van der Waals surface area contributed by atoms with Gasteiger partial charge in [-0.15, -0.1) is 11.6 Å². The van der Waals surface area contributed by atoms with Crippen molar-refractivity contribution in [3.8, 4) is 11.6 Å². The molecule has 0 fully saturated rings. The fourth-order valence-electron chi connectivity index (χ4n) is 2.27. The molecule has 9 nitrogen and oxygen atoms in total. The molecular weight excluding hydrogens is 503 g/mol. The Hall–Kier alpha value is -2.53. The van der Waals surface area contributed by atoms with Gasteiger partial charge in [0.25, 0.3) is 0 Å². The Morgan fingerprint density at radius 1 is 1.31 bits per heavy atom. The summed E-state index contributed by atoms with van der Waals surface area (Å²) in [6.07, 6.45) is -3.96. The molecule has 2 rings (SSSR count). The molecule has 0 saturated heterocycles. The standard InChI is InChI=1S/C17H13Cl2F3N2O7P/c1-2-9-3-12(24(26)27)14(32(28)30-8-29-15(25)6-18)5-13(9)31-16-11(19)4-10(7-23-16)17(20,21)22/h3-5,7H,2,6,8H2,1H3/q+1. The van der Waals surface area contributed by atoms with Crippen LogP contribution in [0.25, 0.3) is 0 Å². The molecule has 0 saturated carbocycles. The van der Waals surface area contributed by atoms with Gasteiger partial charge < -0.3 is 9.47 Å². The first kappa shape index (κ1) is 25.7. The van der Waals surface area contributed by atoms with Crippen LogP contribution in [0.15, 0.2) is 24.4 Å². The predicted octanol–water partition coefficient (Wildman–Crippen LogP) is 5.14. The summed E-state index contributed by atoms with van der Waals surface area (Å²) in [4.78, 5) is 25.2. The summed E-state index contributed by atoms with van der Waals surface area (Å²) in [7, 11) is -2.90. The van der Waals surface area contributed by atoms with Crippen molar-refractivity contribution in [3.05, 3.63) is 50.7 Å². The summed E-state index contributed by atoms with van der Waals surface area (Å²) >= 11 is 11.1. The van der Waals surface area contributed by atoms with E-state index in [1.165, 1.54) is 0 Å². The second-order valence-corrected chi connectivity index (χ2v) is 7.75. The molecular formula is C17H13Cl2F3N2O7P+. The van der Waals surface area contributed by atoms with Gasteiger partial charge in [-0.25, -0.2) is 4.98 Å². The molecule has 1 aromatic carbocycles. The summed E-state index contributed by atoms with van der Waals surface area (Å²) in [5.74, 6) is -1.84. The Balaban J connectivity index is 2.40. The zero-order valence-corrected chi connectivity index (χ0v) is 18.4. The normalized spacial score (nSPS) is 11.8. The van der Waals surface area contributed by atoms with Crippen LogP contribution in [-0.4, -0.2) is 28.5 Å². The second-order valence-electron chi connectivity index (χ2n) is 5.82. The highest BCUT2D eigenvalue weighted by Gasteiger charge is 2.36. The van der Waals surface area contributed by atoms with Crippen LogP contribution in [-0.2, 0) is 31.2 Å². The number of hydrogen-bond donors (Lipinski definition) is 0. The zero-order chi connectivity index (χ0) is 24.1. The maximum absolute atomic E-state index is 12.8. The van der Waals surface area contributed by atoms with Gasteiger partial charge in [0, 0.05) is 23.9 Å². The topological polar surface area (TPSA) is 118 Å². The molecule has 0 N–H and O–H groups in total. The number of carbonyl (C=O) groups excluding carboxylic acids is 1. The van der Waals surface area contributed by atoms with E-state index in [0.717, 1.165) is 12.1 Å². The number of rotatable bonds is 9. The average Bonchev–Trinajstić information content (AvgIpc) is 2.73. The summed E-state index contributed by atoms with van der Waals surface area (Å²) in [6, 6.07) is 2.70. The molecule has 2 aromatic rings. The molecule has 0 aliphatic carbocycles. The van der Waals surface area contributed by atoms with E-state index in [1.807, 2.05) is 0 Å². The van der Waals surface area contributed by atoms with Crippen molar-refractivity contribution in [2.24, 2.45) is 0 Å². The van der Waals surface area contributed by atoms with Gasteiger partial charge in [-0.3, -0.25) is 14.9 Å². The number of alkyl halides is 4. The van der Waals surface area contributed by atoms with Crippen molar-refractivity contribution >= 4 is 48.2 Å². The first-order chi connectivity index (χ1) is 15.0. The lowest BCUT2D eigenvalue weighted by Crippen LogP contribution is -2.12. The Labute approximate surface area is 189 Å². The van der Waals surface area contributed by atoms with Crippen LogP contribution in [0.1, 0.15) is 18.1 Å². The maximum atomic E-state index is 12.8. The third-order valence-corrected chi connectivity index (χ3v) is 5.35. The van der Waals surface area contributed by atoms with Crippen LogP contribution >= 0.6 is 31.2 Å². The van der Waals surface area contributed by atoms with E-state index in [2.05, 4.69) is 9.72 Å². The summed E-state index contributed by atoms with van der Waals surface area (Å²) in [5.41, 5.74) is -1.40. The van der Waals surface area contributed by atoms with Gasteiger partial charge in [0.1, 0.15) is 16.7 Å². The predicted molar refractivity (Wildman–Crippen MR) is 107 cm³/mol. The number of nitro groups is 1. The van der Waals surface area contributed by atoms with Crippen LogP contribution in [0.4, 0.5) is 18.9 Å². The number of nitrogens with zero attached hydrogens (tertiary/aromatic N) is 2. The number of benzene rings is 1. The third-order valence-electron chi connectivity index (χ3n) is 3.77. The molecule has 0 radical (unpaired) electrons. The van der Waals surface area contributed by atoms with Crippen molar-refractivity contribution in [3.63, 3.8) is 0 Å². The fraction of sp³-hybridized carbons (Fsp3) is 0.294. The van der Waals surface area contributed by atoms with E-state index in [9.17, 15) is 32.6 Å². The van der Waals surface area contributed by atoms with Crippen LogP contribution in [0.2, 0.25) is 5.02 Å². The Morgan fingerprint density at radius 3 is 2.53 bits per heavy atom. The average molecular weight is 516 g/mol. The smallest absolute Gasteiger partial charge is 0.437 e. The number of aromatic nitrogens is 1. The lowest BCUT2D eigenvalue weighted by molar-refractivity contribution is -0.383. The quantitative estimate of drug-likeness (QED) is 0.112. The number of aryl methyl sites for hydroxylation is 1. The first-order valence-electron chi connectivity index (χ1n) is 8.51. The van der Waals surface area contributed by atoms with E-state index in [1.54, 1.807) is 6.92 Å².